The van der Waals surface area contributed by atoms with E-state index in [1.165, 1.54) is 11.4 Å². The molecule has 0 aromatic carbocycles. The Hall–Kier alpha value is -1.19. The molecule has 0 aromatic rings. The van der Waals surface area contributed by atoms with Crippen LogP contribution < -0.4 is 10.6 Å². The predicted octanol–water partition coefficient (Wildman–Crippen LogP) is -0.788. The number of nitrogens with one attached hydrogen (secondary N) is 2. The summed E-state index contributed by atoms with van der Waals surface area (Å²) in [6.07, 6.45) is 3.43. The van der Waals surface area contributed by atoms with Crippen molar-refractivity contribution in [1.29, 1.82) is 0 Å². The first-order chi connectivity index (χ1) is 10.8. The van der Waals surface area contributed by atoms with E-state index >= 15 is 0 Å². The van der Waals surface area contributed by atoms with E-state index < -0.39 is 27.5 Å². The first-order valence-electron chi connectivity index (χ1n) is 7.90. The first-order valence-corrected chi connectivity index (χ1v) is 9.51. The second-order valence-electron chi connectivity index (χ2n) is 6.22. The molecule has 1 spiro atoms. The second kappa shape index (κ2) is 7.14. The highest BCUT2D eigenvalue weighted by Crippen LogP contribution is 2.32. The molecule has 9 heteroatoms. The molecule has 2 aliphatic rings. The first kappa shape index (κ1) is 18.2. The number of hydrogen-bond acceptors (Lipinski definition) is 5. The van der Waals surface area contributed by atoms with Crippen LogP contribution in [0.3, 0.4) is 0 Å². The number of rotatable bonds is 5. The molecule has 0 bridgehead atoms. The van der Waals surface area contributed by atoms with Crippen LogP contribution >= 0.6 is 0 Å². The number of methoxy groups -OCH3 is 1. The topological polar surface area (TPSA) is 105 Å². The Morgan fingerprint density at radius 2 is 2.09 bits per heavy atom. The summed E-state index contributed by atoms with van der Waals surface area (Å²) in [5.74, 6) is -0.801. The fourth-order valence-corrected chi connectivity index (χ4v) is 4.47. The van der Waals surface area contributed by atoms with Crippen molar-refractivity contribution in [3.05, 3.63) is 0 Å². The van der Waals surface area contributed by atoms with Crippen molar-refractivity contribution in [1.82, 2.24) is 14.9 Å². The Bertz CT molecular complexity index is 557. The van der Waals surface area contributed by atoms with Gasteiger partial charge in [0.15, 0.2) is 0 Å². The number of sulfonamides is 1. The highest BCUT2D eigenvalue weighted by molar-refractivity contribution is 7.89. The summed E-state index contributed by atoms with van der Waals surface area (Å²) in [5.41, 5.74) is -0.514. The van der Waals surface area contributed by atoms with E-state index in [0.29, 0.717) is 0 Å². The molecule has 1 aliphatic heterocycles. The molecule has 1 saturated heterocycles. The van der Waals surface area contributed by atoms with Crippen molar-refractivity contribution < 1.29 is 22.7 Å². The van der Waals surface area contributed by atoms with Crippen LogP contribution in [0.15, 0.2) is 0 Å². The van der Waals surface area contributed by atoms with Gasteiger partial charge in [-0.05, 0) is 19.8 Å². The lowest BCUT2D eigenvalue weighted by atomic mass is 9.98. The molecule has 2 fully saturated rings. The third kappa shape index (κ3) is 4.21. The molecular weight excluding hydrogens is 322 g/mol. The minimum atomic E-state index is -3.45. The van der Waals surface area contributed by atoms with Crippen LogP contribution in [-0.2, 0) is 24.3 Å². The van der Waals surface area contributed by atoms with Crippen molar-refractivity contribution in [3.63, 3.8) is 0 Å². The number of amides is 2. The minimum absolute atomic E-state index is 0.0317. The number of carbonyl (C=O) groups is 2. The van der Waals surface area contributed by atoms with Crippen molar-refractivity contribution in [3.8, 4) is 0 Å². The number of hydrogen-bond donors (Lipinski definition) is 2. The summed E-state index contributed by atoms with van der Waals surface area (Å²) in [6.45, 7) is 1.63. The summed E-state index contributed by atoms with van der Waals surface area (Å²) in [5, 5.41) is 5.54. The highest BCUT2D eigenvalue weighted by Gasteiger charge is 2.44. The van der Waals surface area contributed by atoms with Gasteiger partial charge in [0.05, 0.1) is 11.3 Å². The molecule has 2 rings (SSSR count). The van der Waals surface area contributed by atoms with Crippen LogP contribution in [0.1, 0.15) is 32.6 Å². The maximum Gasteiger partial charge on any atom is 0.246 e. The Morgan fingerprint density at radius 1 is 1.43 bits per heavy atom. The van der Waals surface area contributed by atoms with E-state index in [9.17, 15) is 18.0 Å². The van der Waals surface area contributed by atoms with E-state index in [-0.39, 0.29) is 31.4 Å². The van der Waals surface area contributed by atoms with Gasteiger partial charge in [-0.1, -0.05) is 12.8 Å². The lowest BCUT2D eigenvalue weighted by Gasteiger charge is -2.32. The molecule has 1 aliphatic carbocycles. The summed E-state index contributed by atoms with van der Waals surface area (Å²) in [7, 11) is -2.07. The van der Waals surface area contributed by atoms with Crippen LogP contribution in [0.2, 0.25) is 0 Å². The average Bonchev–Trinajstić information content (AvgIpc) is 2.88. The zero-order chi connectivity index (χ0) is 17.1. The van der Waals surface area contributed by atoms with Gasteiger partial charge in [0, 0.05) is 20.2 Å². The van der Waals surface area contributed by atoms with Gasteiger partial charge < -0.3 is 15.4 Å². The van der Waals surface area contributed by atoms with Crippen LogP contribution in [0, 0.1) is 0 Å². The molecule has 132 valence electrons. The Balaban J connectivity index is 2.24. The lowest BCUT2D eigenvalue weighted by Crippen LogP contribution is -2.54. The number of ether oxygens (including phenoxy) is 1. The average molecular weight is 347 g/mol. The summed E-state index contributed by atoms with van der Waals surface area (Å²) < 4.78 is 30.8. The van der Waals surface area contributed by atoms with Crippen molar-refractivity contribution in [2.45, 2.75) is 44.2 Å². The van der Waals surface area contributed by atoms with Crippen LogP contribution in [0.4, 0.5) is 0 Å². The van der Waals surface area contributed by atoms with Gasteiger partial charge in [0.1, 0.15) is 12.6 Å². The molecular formula is C14H25N3O5S. The van der Waals surface area contributed by atoms with Gasteiger partial charge in [-0.2, -0.15) is 4.31 Å². The van der Waals surface area contributed by atoms with Crippen molar-refractivity contribution >= 4 is 21.8 Å². The van der Waals surface area contributed by atoms with Crippen LogP contribution in [-0.4, -0.2) is 68.7 Å². The van der Waals surface area contributed by atoms with Gasteiger partial charge in [-0.25, -0.2) is 8.42 Å². The quantitative estimate of drug-likeness (QED) is 0.678. The zero-order valence-corrected chi connectivity index (χ0v) is 14.4. The van der Waals surface area contributed by atoms with E-state index in [0.717, 1.165) is 25.7 Å². The normalized spacial score (nSPS) is 25.1. The second-order valence-corrected chi connectivity index (χ2v) is 8.48. The Morgan fingerprint density at radius 3 is 2.65 bits per heavy atom. The molecule has 2 amide bonds. The molecule has 0 aromatic heterocycles. The molecule has 1 saturated carbocycles. The summed E-state index contributed by atoms with van der Waals surface area (Å²) >= 11 is 0. The monoisotopic (exact) mass is 347 g/mol. The largest absolute Gasteiger partial charge is 0.375 e. The van der Waals surface area contributed by atoms with E-state index in [2.05, 4.69) is 10.6 Å². The molecule has 1 heterocycles. The number of carbonyl (C=O) groups excluding carboxylic acids is 2. The Labute approximate surface area is 137 Å². The third-order valence-corrected chi connectivity index (χ3v) is 6.29. The maximum atomic E-state index is 12.5. The van der Waals surface area contributed by atoms with Gasteiger partial charge in [-0.15, -0.1) is 0 Å². The summed E-state index contributed by atoms with van der Waals surface area (Å²) in [4.78, 5) is 24.2. The molecule has 0 radical (unpaired) electrons. The molecule has 8 nitrogen and oxygen atoms in total. The minimum Gasteiger partial charge on any atom is -0.375 e. The van der Waals surface area contributed by atoms with E-state index in [4.69, 9.17) is 4.74 Å². The van der Waals surface area contributed by atoms with Gasteiger partial charge >= 0.3 is 0 Å². The smallest absolute Gasteiger partial charge is 0.246 e. The van der Waals surface area contributed by atoms with Crippen molar-refractivity contribution in [2.24, 2.45) is 0 Å². The highest BCUT2D eigenvalue weighted by atomic mass is 32.2. The third-order valence-electron chi connectivity index (χ3n) is 4.50. The van der Waals surface area contributed by atoms with E-state index in [1.807, 2.05) is 0 Å². The molecule has 1 atom stereocenters. The van der Waals surface area contributed by atoms with E-state index in [1.54, 1.807) is 6.92 Å². The van der Waals surface area contributed by atoms with Crippen LogP contribution in [0.5, 0.6) is 0 Å². The lowest BCUT2D eigenvalue weighted by molar-refractivity contribution is -0.131. The van der Waals surface area contributed by atoms with Crippen molar-refractivity contribution in [2.75, 3.05) is 32.6 Å². The number of nitrogens with zero attached hydrogens (tertiary/aromatic N) is 1. The zero-order valence-electron chi connectivity index (χ0n) is 13.6. The fourth-order valence-electron chi connectivity index (χ4n) is 3.28. The predicted molar refractivity (Wildman–Crippen MR) is 84.2 cm³/mol. The Kier molecular flexibility index (Phi) is 5.64. The summed E-state index contributed by atoms with van der Waals surface area (Å²) in [6, 6.07) is -0.904. The fraction of sp³-hybridized carbons (Fsp3) is 0.857. The van der Waals surface area contributed by atoms with Crippen LogP contribution in [0.25, 0.3) is 0 Å². The van der Waals surface area contributed by atoms with Gasteiger partial charge in [-0.3, -0.25) is 9.59 Å². The van der Waals surface area contributed by atoms with Gasteiger partial charge in [0.2, 0.25) is 21.8 Å². The maximum absolute atomic E-state index is 12.5. The van der Waals surface area contributed by atoms with Gasteiger partial charge in [0.25, 0.3) is 0 Å². The SMILES string of the molecule is CCS(=O)(=O)N1CC(NC(=O)COC)C(=O)NC2(CCCC2)C1. The standard InChI is InChI=1S/C14H25N3O5S/c1-3-23(20,21)17-8-11(15-12(18)9-22-2)13(19)16-14(10-17)6-4-5-7-14/h11H,3-10H2,1-2H3,(H,15,18)(H,16,19). The molecule has 1 unspecified atom stereocenters. The molecule has 23 heavy (non-hydrogen) atoms. The molecule has 2 N–H and O–H groups in total.